The van der Waals surface area contributed by atoms with Crippen molar-refractivity contribution in [3.8, 4) is 0 Å². The zero-order valence-electron chi connectivity index (χ0n) is 16.2. The molecule has 2 saturated heterocycles. The van der Waals surface area contributed by atoms with Gasteiger partial charge in [-0.3, -0.25) is 9.59 Å². The van der Waals surface area contributed by atoms with Crippen molar-refractivity contribution in [3.63, 3.8) is 0 Å². The predicted molar refractivity (Wildman–Crippen MR) is 111 cm³/mol. The fraction of sp³-hybridized carbons (Fsp3) is 0.350. The Hall–Kier alpha value is -3.69. The summed E-state index contributed by atoms with van der Waals surface area (Å²) in [5.74, 6) is -0.322. The SMILES string of the molecule is NC(=O)c1ccc(N2[C@@H]3CC[C@H]2C[C@H](Nc2c(C(N)=O)cnc4[nH]ccc24)C3)nn1. The molecule has 0 spiro atoms. The van der Waals surface area contributed by atoms with Gasteiger partial charge in [0.05, 0.1) is 11.3 Å². The molecule has 3 aromatic heterocycles. The molecule has 5 heterocycles. The molecule has 3 atom stereocenters. The van der Waals surface area contributed by atoms with Crippen LogP contribution in [0.1, 0.15) is 46.5 Å². The fourth-order valence-corrected chi connectivity index (χ4v) is 4.82. The van der Waals surface area contributed by atoms with E-state index in [1.165, 1.54) is 6.20 Å². The molecule has 6 N–H and O–H groups in total. The second-order valence-corrected chi connectivity index (χ2v) is 7.90. The Bertz CT molecular complexity index is 1110. The summed E-state index contributed by atoms with van der Waals surface area (Å²) in [7, 11) is 0. The van der Waals surface area contributed by atoms with Gasteiger partial charge < -0.3 is 26.7 Å². The van der Waals surface area contributed by atoms with Crippen molar-refractivity contribution >= 4 is 34.4 Å². The van der Waals surface area contributed by atoms with Crippen LogP contribution in [0.2, 0.25) is 0 Å². The highest BCUT2D eigenvalue weighted by atomic mass is 16.1. The van der Waals surface area contributed by atoms with Gasteiger partial charge in [0.15, 0.2) is 11.5 Å². The molecule has 0 aliphatic carbocycles. The Kier molecular flexibility index (Phi) is 4.27. The number of nitrogens with one attached hydrogen (secondary N) is 2. The number of hydrogen-bond acceptors (Lipinski definition) is 7. The first-order valence-electron chi connectivity index (χ1n) is 9.95. The third kappa shape index (κ3) is 3.00. The van der Waals surface area contributed by atoms with Gasteiger partial charge in [0, 0.05) is 35.9 Å². The van der Waals surface area contributed by atoms with Gasteiger partial charge in [0.25, 0.3) is 11.8 Å². The molecule has 2 aliphatic heterocycles. The van der Waals surface area contributed by atoms with Crippen LogP contribution in [0.15, 0.2) is 30.6 Å². The number of carbonyl (C=O) groups excluding carboxylic acids is 2. The molecule has 0 aromatic carbocycles. The lowest BCUT2D eigenvalue weighted by Crippen LogP contribution is -2.47. The van der Waals surface area contributed by atoms with Crippen molar-refractivity contribution < 1.29 is 9.59 Å². The first-order valence-corrected chi connectivity index (χ1v) is 9.95. The average Bonchev–Trinajstić information content (AvgIpc) is 3.31. The average molecular weight is 406 g/mol. The number of pyridine rings is 1. The van der Waals surface area contributed by atoms with E-state index in [0.29, 0.717) is 23.3 Å². The second-order valence-electron chi connectivity index (χ2n) is 7.90. The number of hydrogen-bond donors (Lipinski definition) is 4. The molecule has 10 nitrogen and oxygen atoms in total. The van der Waals surface area contributed by atoms with Crippen LogP contribution in [-0.2, 0) is 0 Å². The first-order chi connectivity index (χ1) is 14.5. The summed E-state index contributed by atoms with van der Waals surface area (Å²) in [4.78, 5) is 32.9. The van der Waals surface area contributed by atoms with E-state index in [-0.39, 0.29) is 11.7 Å². The zero-order valence-corrected chi connectivity index (χ0v) is 16.2. The summed E-state index contributed by atoms with van der Waals surface area (Å²) in [5.41, 5.74) is 12.9. The molecule has 2 aliphatic rings. The number of nitrogens with zero attached hydrogens (tertiary/aromatic N) is 4. The third-order valence-electron chi connectivity index (χ3n) is 6.10. The lowest BCUT2D eigenvalue weighted by Gasteiger charge is -2.40. The van der Waals surface area contributed by atoms with Crippen LogP contribution in [0.3, 0.4) is 0 Å². The third-order valence-corrected chi connectivity index (χ3v) is 6.10. The van der Waals surface area contributed by atoms with Crippen LogP contribution in [0.25, 0.3) is 11.0 Å². The summed E-state index contributed by atoms with van der Waals surface area (Å²) >= 11 is 0. The van der Waals surface area contributed by atoms with Crippen molar-refractivity contribution in [3.05, 3.63) is 41.9 Å². The van der Waals surface area contributed by atoms with E-state index in [2.05, 4.69) is 30.4 Å². The van der Waals surface area contributed by atoms with E-state index in [4.69, 9.17) is 11.5 Å². The smallest absolute Gasteiger partial charge is 0.269 e. The highest BCUT2D eigenvalue weighted by Crippen LogP contribution is 2.40. The minimum atomic E-state index is -0.585. The molecule has 5 rings (SSSR count). The van der Waals surface area contributed by atoms with Crippen LogP contribution in [0.4, 0.5) is 11.5 Å². The van der Waals surface area contributed by atoms with Gasteiger partial charge >= 0.3 is 0 Å². The Morgan fingerprint density at radius 1 is 1.07 bits per heavy atom. The highest BCUT2D eigenvalue weighted by molar-refractivity contribution is 6.06. The van der Waals surface area contributed by atoms with E-state index < -0.39 is 11.8 Å². The molecule has 0 unspecified atom stereocenters. The first kappa shape index (κ1) is 18.3. The van der Waals surface area contributed by atoms with E-state index in [9.17, 15) is 9.59 Å². The molecule has 154 valence electrons. The zero-order chi connectivity index (χ0) is 20.8. The largest absolute Gasteiger partial charge is 0.381 e. The van der Waals surface area contributed by atoms with Gasteiger partial charge in [-0.15, -0.1) is 10.2 Å². The standard InChI is InChI=1S/C20H22N8O2/c21-18(29)14-9-24-20-13(5-6-23-20)17(14)25-10-7-11-1-2-12(8-10)28(11)16-4-3-15(19(22)30)26-27-16/h3-6,9-12H,1-2,7-8H2,(H2,21,29)(H2,22,30)(H2,23,24,25)/t10-,11-,12+. The summed E-state index contributed by atoms with van der Waals surface area (Å²) in [6.07, 6.45) is 7.21. The van der Waals surface area contributed by atoms with Gasteiger partial charge in [0.1, 0.15) is 5.65 Å². The number of H-pyrrole nitrogens is 1. The lowest BCUT2D eigenvalue weighted by molar-refractivity contribution is 0.0988. The van der Waals surface area contributed by atoms with Crippen LogP contribution in [0, 0.1) is 0 Å². The van der Waals surface area contributed by atoms with Gasteiger partial charge in [-0.2, -0.15) is 0 Å². The number of piperidine rings is 1. The number of nitrogens with two attached hydrogens (primary N) is 2. The van der Waals surface area contributed by atoms with E-state index in [1.54, 1.807) is 12.3 Å². The maximum Gasteiger partial charge on any atom is 0.269 e. The Balaban J connectivity index is 1.39. The van der Waals surface area contributed by atoms with Crippen molar-refractivity contribution in [2.24, 2.45) is 11.5 Å². The topological polar surface area (TPSA) is 156 Å². The fourth-order valence-electron chi connectivity index (χ4n) is 4.82. The minimum absolute atomic E-state index is 0.162. The predicted octanol–water partition coefficient (Wildman–Crippen LogP) is 1.16. The van der Waals surface area contributed by atoms with Crippen molar-refractivity contribution in [2.45, 2.75) is 43.8 Å². The Morgan fingerprint density at radius 2 is 1.83 bits per heavy atom. The van der Waals surface area contributed by atoms with Crippen molar-refractivity contribution in [1.29, 1.82) is 0 Å². The molecule has 2 bridgehead atoms. The maximum absolute atomic E-state index is 12.0. The van der Waals surface area contributed by atoms with E-state index in [1.807, 2.05) is 12.1 Å². The van der Waals surface area contributed by atoms with E-state index >= 15 is 0 Å². The summed E-state index contributed by atoms with van der Waals surface area (Å²) in [5, 5.41) is 12.6. The van der Waals surface area contributed by atoms with Crippen molar-refractivity contribution in [1.82, 2.24) is 20.2 Å². The van der Waals surface area contributed by atoms with Gasteiger partial charge in [-0.05, 0) is 43.9 Å². The number of anilines is 2. The van der Waals surface area contributed by atoms with Crippen LogP contribution >= 0.6 is 0 Å². The number of carbonyl (C=O) groups is 2. The summed E-state index contributed by atoms with van der Waals surface area (Å²) in [6.45, 7) is 0. The Labute approximate surface area is 172 Å². The molecule has 30 heavy (non-hydrogen) atoms. The quantitative estimate of drug-likeness (QED) is 0.495. The van der Waals surface area contributed by atoms with Crippen LogP contribution in [0.5, 0.6) is 0 Å². The van der Waals surface area contributed by atoms with Gasteiger partial charge in [-0.25, -0.2) is 4.98 Å². The van der Waals surface area contributed by atoms with Crippen LogP contribution < -0.4 is 21.7 Å². The molecular weight excluding hydrogens is 384 g/mol. The number of amides is 2. The van der Waals surface area contributed by atoms with E-state index in [0.717, 1.165) is 42.6 Å². The lowest BCUT2D eigenvalue weighted by atomic mass is 9.96. The summed E-state index contributed by atoms with van der Waals surface area (Å²) < 4.78 is 0. The normalized spacial score (nSPS) is 22.9. The maximum atomic E-state index is 12.0. The van der Waals surface area contributed by atoms with Crippen LogP contribution in [-0.4, -0.2) is 50.1 Å². The Morgan fingerprint density at radius 3 is 2.47 bits per heavy atom. The number of primary amides is 2. The monoisotopic (exact) mass is 406 g/mol. The van der Waals surface area contributed by atoms with Crippen molar-refractivity contribution in [2.75, 3.05) is 10.2 Å². The molecule has 0 radical (unpaired) electrons. The highest BCUT2D eigenvalue weighted by Gasteiger charge is 2.42. The molecule has 10 heteroatoms. The molecule has 2 amide bonds. The molecule has 0 saturated carbocycles. The molecular formula is C20H22N8O2. The van der Waals surface area contributed by atoms with Gasteiger partial charge in [-0.1, -0.05) is 0 Å². The minimum Gasteiger partial charge on any atom is -0.381 e. The summed E-state index contributed by atoms with van der Waals surface area (Å²) in [6, 6.07) is 6.12. The number of fused-ring (bicyclic) bond motifs is 3. The second kappa shape index (κ2) is 6.97. The van der Waals surface area contributed by atoms with Gasteiger partial charge in [0.2, 0.25) is 0 Å². The number of rotatable bonds is 5. The molecule has 2 fully saturated rings. The number of aromatic amines is 1. The number of aromatic nitrogens is 4. The molecule has 3 aromatic rings.